The van der Waals surface area contributed by atoms with Crippen molar-refractivity contribution in [2.24, 2.45) is 7.05 Å². The number of carbonyl (C=O) groups excluding carboxylic acids is 1. The van der Waals surface area contributed by atoms with Crippen molar-refractivity contribution in [3.05, 3.63) is 16.4 Å². The van der Waals surface area contributed by atoms with Gasteiger partial charge in [-0.05, 0) is 34.5 Å². The summed E-state index contributed by atoms with van der Waals surface area (Å²) in [6, 6.07) is 0. The lowest BCUT2D eigenvalue weighted by atomic mass is 10.1. The van der Waals surface area contributed by atoms with Gasteiger partial charge in [0.2, 0.25) is 0 Å². The zero-order valence-corrected chi connectivity index (χ0v) is 10.3. The van der Waals surface area contributed by atoms with Crippen molar-refractivity contribution in [1.82, 2.24) is 9.78 Å². The second-order valence-electron chi connectivity index (χ2n) is 3.34. The van der Waals surface area contributed by atoms with E-state index in [1.807, 2.05) is 7.05 Å². The number of ketones is 1. The quantitative estimate of drug-likeness (QED) is 0.776. The maximum atomic E-state index is 12.0. The molecule has 5 heteroatoms. The molecule has 2 heterocycles. The number of thioether (sulfide) groups is 1. The van der Waals surface area contributed by atoms with Gasteiger partial charge in [-0.25, -0.2) is 0 Å². The van der Waals surface area contributed by atoms with Gasteiger partial charge < -0.3 is 0 Å². The molecule has 0 aromatic carbocycles. The van der Waals surface area contributed by atoms with Crippen LogP contribution in [0.4, 0.5) is 0 Å². The Kier molecular flexibility index (Phi) is 2.97. The smallest absolute Gasteiger partial charge is 0.180 e. The van der Waals surface area contributed by atoms with Crippen LogP contribution in [-0.4, -0.2) is 26.6 Å². The number of aryl methyl sites for hydroxylation is 1. The fourth-order valence-electron chi connectivity index (χ4n) is 1.55. The van der Waals surface area contributed by atoms with Gasteiger partial charge in [0.25, 0.3) is 0 Å². The van der Waals surface area contributed by atoms with Gasteiger partial charge >= 0.3 is 0 Å². The summed E-state index contributed by atoms with van der Waals surface area (Å²) in [5.74, 6) is 1.32. The molecule has 0 radical (unpaired) electrons. The third-order valence-corrected chi connectivity index (χ3v) is 4.67. The van der Waals surface area contributed by atoms with Crippen LogP contribution < -0.4 is 0 Å². The van der Waals surface area contributed by atoms with Crippen LogP contribution in [0.3, 0.4) is 0 Å². The lowest BCUT2D eigenvalue weighted by Gasteiger charge is -2.05. The molecule has 0 amide bonds. The van der Waals surface area contributed by atoms with Crippen molar-refractivity contribution >= 4 is 33.5 Å². The van der Waals surface area contributed by atoms with Crippen molar-refractivity contribution in [2.75, 3.05) is 5.75 Å². The zero-order chi connectivity index (χ0) is 10.1. The summed E-state index contributed by atoms with van der Waals surface area (Å²) in [6.07, 6.45) is 3.80. The number of hydrogen-bond acceptors (Lipinski definition) is 3. The first-order valence-corrected chi connectivity index (χ1v) is 6.37. The van der Waals surface area contributed by atoms with E-state index in [9.17, 15) is 4.79 Å². The number of aromatic nitrogens is 2. The summed E-state index contributed by atoms with van der Waals surface area (Å²) in [5, 5.41) is 4.20. The van der Waals surface area contributed by atoms with Gasteiger partial charge in [0.1, 0.15) is 4.60 Å². The highest BCUT2D eigenvalue weighted by molar-refractivity contribution is 9.10. The fraction of sp³-hybridized carbons (Fsp3) is 0.556. The van der Waals surface area contributed by atoms with Gasteiger partial charge in [0.05, 0.1) is 17.0 Å². The highest BCUT2D eigenvalue weighted by atomic mass is 79.9. The van der Waals surface area contributed by atoms with Gasteiger partial charge in [-0.3, -0.25) is 9.48 Å². The Morgan fingerprint density at radius 1 is 1.79 bits per heavy atom. The molecular weight excluding hydrogens is 264 g/mol. The minimum absolute atomic E-state index is 0.149. The number of hydrogen-bond donors (Lipinski definition) is 0. The van der Waals surface area contributed by atoms with E-state index in [1.165, 1.54) is 0 Å². The first-order valence-electron chi connectivity index (χ1n) is 4.53. The maximum Gasteiger partial charge on any atom is 0.180 e. The van der Waals surface area contributed by atoms with E-state index in [0.29, 0.717) is 5.56 Å². The average Bonchev–Trinajstić information content (AvgIpc) is 2.77. The predicted octanol–water partition coefficient (Wildman–Crippen LogP) is 2.26. The Labute approximate surface area is 95.4 Å². The van der Waals surface area contributed by atoms with Crippen LogP contribution in [-0.2, 0) is 7.05 Å². The Morgan fingerprint density at radius 3 is 3.07 bits per heavy atom. The minimum atomic E-state index is 0.149. The number of nitrogens with zero attached hydrogens (tertiary/aromatic N) is 2. The van der Waals surface area contributed by atoms with Gasteiger partial charge in [0, 0.05) is 7.05 Å². The van der Waals surface area contributed by atoms with Crippen molar-refractivity contribution in [3.8, 4) is 0 Å². The molecule has 1 aromatic rings. The molecule has 0 spiro atoms. The first kappa shape index (κ1) is 10.2. The molecule has 3 nitrogen and oxygen atoms in total. The normalized spacial score (nSPS) is 21.4. The molecule has 76 valence electrons. The van der Waals surface area contributed by atoms with Crippen LogP contribution in [0.5, 0.6) is 0 Å². The summed E-state index contributed by atoms with van der Waals surface area (Å²) in [7, 11) is 1.82. The summed E-state index contributed by atoms with van der Waals surface area (Å²) < 4.78 is 2.46. The zero-order valence-electron chi connectivity index (χ0n) is 7.86. The van der Waals surface area contributed by atoms with Crippen molar-refractivity contribution < 1.29 is 4.79 Å². The molecule has 1 aliphatic rings. The van der Waals surface area contributed by atoms with Crippen LogP contribution in [0.1, 0.15) is 23.2 Å². The second-order valence-corrected chi connectivity index (χ2v) is 5.40. The van der Waals surface area contributed by atoms with E-state index in [-0.39, 0.29) is 11.0 Å². The van der Waals surface area contributed by atoms with Crippen molar-refractivity contribution in [1.29, 1.82) is 0 Å². The second kappa shape index (κ2) is 4.06. The largest absolute Gasteiger partial charge is 0.293 e. The highest BCUT2D eigenvalue weighted by Gasteiger charge is 2.27. The molecule has 14 heavy (non-hydrogen) atoms. The lowest BCUT2D eigenvalue weighted by Crippen LogP contribution is -2.14. The van der Waals surface area contributed by atoms with Crippen LogP contribution in [0, 0.1) is 0 Å². The standard InChI is InChI=1S/C9H11BrN2OS/c1-12-9(10)6(5-11-12)8(13)7-3-2-4-14-7/h5,7H,2-4H2,1H3. The Hall–Kier alpha value is -0.290. The Bertz CT molecular complexity index is 358. The van der Waals surface area contributed by atoms with Gasteiger partial charge in [-0.2, -0.15) is 16.9 Å². The fourth-order valence-corrected chi connectivity index (χ4v) is 3.16. The van der Waals surface area contributed by atoms with E-state index in [2.05, 4.69) is 21.0 Å². The van der Waals surface area contributed by atoms with E-state index >= 15 is 0 Å². The molecule has 1 aromatic heterocycles. The molecule has 1 aliphatic heterocycles. The van der Waals surface area contributed by atoms with Crippen LogP contribution in [0.25, 0.3) is 0 Å². The molecule has 0 bridgehead atoms. The molecule has 0 saturated carbocycles. The number of rotatable bonds is 2. The summed E-state index contributed by atoms with van der Waals surface area (Å²) in [5.41, 5.74) is 0.715. The predicted molar refractivity (Wildman–Crippen MR) is 60.7 cm³/mol. The lowest BCUT2D eigenvalue weighted by molar-refractivity contribution is 0.0987. The molecule has 1 atom stereocenters. The molecule has 2 rings (SSSR count). The van der Waals surface area contributed by atoms with Gasteiger partial charge in [-0.1, -0.05) is 0 Å². The maximum absolute atomic E-state index is 12.0. The van der Waals surface area contributed by atoms with Crippen LogP contribution in [0.2, 0.25) is 0 Å². The SMILES string of the molecule is Cn1ncc(C(=O)C2CCCS2)c1Br. The highest BCUT2D eigenvalue weighted by Crippen LogP contribution is 2.30. The molecule has 0 N–H and O–H groups in total. The molecule has 1 unspecified atom stereocenters. The first-order chi connectivity index (χ1) is 6.70. The number of Topliss-reactive ketones (excluding diaryl/α,β-unsaturated/α-hetero) is 1. The molecule has 1 saturated heterocycles. The van der Waals surface area contributed by atoms with E-state index < -0.39 is 0 Å². The monoisotopic (exact) mass is 274 g/mol. The summed E-state index contributed by atoms with van der Waals surface area (Å²) >= 11 is 5.12. The van der Waals surface area contributed by atoms with Crippen LogP contribution in [0.15, 0.2) is 10.8 Å². The van der Waals surface area contributed by atoms with Gasteiger partial charge in [-0.15, -0.1) is 0 Å². The Balaban J connectivity index is 2.22. The third kappa shape index (κ3) is 1.75. The van der Waals surface area contributed by atoms with E-state index in [4.69, 9.17) is 0 Å². The molecule has 1 fully saturated rings. The summed E-state index contributed by atoms with van der Waals surface area (Å²) in [4.78, 5) is 12.0. The topological polar surface area (TPSA) is 34.9 Å². The van der Waals surface area contributed by atoms with Gasteiger partial charge in [0.15, 0.2) is 5.78 Å². The molecule has 0 aliphatic carbocycles. The summed E-state index contributed by atoms with van der Waals surface area (Å²) in [6.45, 7) is 0. The van der Waals surface area contributed by atoms with Crippen molar-refractivity contribution in [2.45, 2.75) is 18.1 Å². The number of halogens is 1. The Morgan fingerprint density at radius 2 is 2.57 bits per heavy atom. The average molecular weight is 275 g/mol. The number of carbonyl (C=O) groups is 1. The third-order valence-electron chi connectivity index (χ3n) is 2.35. The van der Waals surface area contributed by atoms with Crippen LogP contribution >= 0.6 is 27.7 Å². The molecular formula is C9H11BrN2OS. The van der Waals surface area contributed by atoms with E-state index in [0.717, 1.165) is 23.2 Å². The van der Waals surface area contributed by atoms with Crippen molar-refractivity contribution in [3.63, 3.8) is 0 Å². The minimum Gasteiger partial charge on any atom is -0.293 e. The van der Waals surface area contributed by atoms with E-state index in [1.54, 1.807) is 22.6 Å².